The molecular weight excluding hydrogens is 164 g/mol. The van der Waals surface area contributed by atoms with E-state index in [4.69, 9.17) is 10.5 Å². The van der Waals surface area contributed by atoms with E-state index in [0.29, 0.717) is 12.5 Å². The van der Waals surface area contributed by atoms with Gasteiger partial charge < -0.3 is 10.5 Å². The maximum absolute atomic E-state index is 5.64. The summed E-state index contributed by atoms with van der Waals surface area (Å²) in [5.74, 6) is 0.529. The Labute approximate surface area is 77.9 Å². The average molecular weight is 178 g/mol. The molecule has 1 saturated heterocycles. The van der Waals surface area contributed by atoms with E-state index in [1.165, 1.54) is 5.56 Å². The monoisotopic (exact) mass is 178 g/mol. The number of pyridine rings is 1. The molecule has 0 radical (unpaired) electrons. The number of nitrogens with zero attached hydrogens (tertiary/aromatic N) is 1. The third-order valence-corrected chi connectivity index (χ3v) is 2.53. The van der Waals surface area contributed by atoms with Crippen LogP contribution in [0.4, 0.5) is 0 Å². The molecule has 1 atom stereocenters. The first-order valence-corrected chi connectivity index (χ1v) is 4.62. The Balaban J connectivity index is 2.26. The summed E-state index contributed by atoms with van der Waals surface area (Å²) in [5.41, 5.74) is 8.10. The van der Waals surface area contributed by atoms with Crippen LogP contribution in [0.15, 0.2) is 18.5 Å². The minimum Gasteiger partial charge on any atom is -0.381 e. The van der Waals surface area contributed by atoms with Gasteiger partial charge in [-0.3, -0.25) is 4.98 Å². The van der Waals surface area contributed by atoms with Crippen LogP contribution in [0.3, 0.4) is 0 Å². The summed E-state index contributed by atoms with van der Waals surface area (Å²) in [4.78, 5) is 4.07. The molecule has 2 N–H and O–H groups in total. The highest BCUT2D eigenvalue weighted by atomic mass is 16.5. The summed E-state index contributed by atoms with van der Waals surface area (Å²) in [6, 6.07) is 2.06. The van der Waals surface area contributed by atoms with E-state index in [1.54, 1.807) is 0 Å². The van der Waals surface area contributed by atoms with Gasteiger partial charge >= 0.3 is 0 Å². The van der Waals surface area contributed by atoms with Crippen molar-refractivity contribution in [2.24, 2.45) is 5.73 Å². The summed E-state index contributed by atoms with van der Waals surface area (Å²) in [6.07, 6.45) is 4.79. The number of hydrogen-bond donors (Lipinski definition) is 1. The molecule has 2 rings (SSSR count). The molecule has 1 fully saturated rings. The van der Waals surface area contributed by atoms with Crippen molar-refractivity contribution in [1.82, 2.24) is 4.98 Å². The lowest BCUT2D eigenvalue weighted by Crippen LogP contribution is -2.06. The lowest BCUT2D eigenvalue weighted by atomic mass is 9.95. The van der Waals surface area contributed by atoms with Crippen molar-refractivity contribution in [2.45, 2.75) is 18.9 Å². The van der Waals surface area contributed by atoms with Crippen molar-refractivity contribution in [3.8, 4) is 0 Å². The molecule has 3 nitrogen and oxygen atoms in total. The smallest absolute Gasteiger partial charge is 0.0535 e. The highest BCUT2D eigenvalue weighted by Gasteiger charge is 2.19. The largest absolute Gasteiger partial charge is 0.381 e. The zero-order chi connectivity index (χ0) is 9.10. The lowest BCUT2D eigenvalue weighted by molar-refractivity contribution is 0.194. The van der Waals surface area contributed by atoms with E-state index in [-0.39, 0.29) is 0 Å². The van der Waals surface area contributed by atoms with Crippen molar-refractivity contribution in [3.63, 3.8) is 0 Å². The fourth-order valence-electron chi connectivity index (χ4n) is 1.79. The van der Waals surface area contributed by atoms with Crippen molar-refractivity contribution in [1.29, 1.82) is 0 Å². The minimum absolute atomic E-state index is 0.529. The molecule has 1 aromatic rings. The van der Waals surface area contributed by atoms with Crippen LogP contribution in [-0.2, 0) is 11.3 Å². The first-order valence-electron chi connectivity index (χ1n) is 4.62. The van der Waals surface area contributed by atoms with Gasteiger partial charge in [0, 0.05) is 31.5 Å². The second-order valence-corrected chi connectivity index (χ2v) is 3.34. The Morgan fingerprint density at radius 1 is 1.62 bits per heavy atom. The standard InChI is InChI=1S/C10H14N2O/c11-5-9-6-12-3-1-10(9)8-2-4-13-7-8/h1,3,6,8H,2,4-5,7,11H2. The fourth-order valence-corrected chi connectivity index (χ4v) is 1.79. The number of nitrogens with two attached hydrogens (primary N) is 1. The Morgan fingerprint density at radius 2 is 2.54 bits per heavy atom. The molecule has 1 aliphatic heterocycles. The molecule has 0 bridgehead atoms. The van der Waals surface area contributed by atoms with Gasteiger partial charge in [-0.25, -0.2) is 0 Å². The molecule has 1 aromatic heterocycles. The number of ether oxygens (including phenoxy) is 1. The summed E-state index contributed by atoms with van der Waals surface area (Å²) < 4.78 is 5.35. The van der Waals surface area contributed by atoms with E-state index < -0.39 is 0 Å². The van der Waals surface area contributed by atoms with Crippen molar-refractivity contribution < 1.29 is 4.74 Å². The number of hydrogen-bond acceptors (Lipinski definition) is 3. The van der Waals surface area contributed by atoms with E-state index in [2.05, 4.69) is 11.1 Å². The van der Waals surface area contributed by atoms with Crippen molar-refractivity contribution in [2.75, 3.05) is 13.2 Å². The van der Waals surface area contributed by atoms with Crippen LogP contribution in [0.5, 0.6) is 0 Å². The molecule has 0 aromatic carbocycles. The number of rotatable bonds is 2. The highest BCUT2D eigenvalue weighted by molar-refractivity contribution is 5.27. The summed E-state index contributed by atoms with van der Waals surface area (Å²) >= 11 is 0. The van der Waals surface area contributed by atoms with Gasteiger partial charge in [-0.1, -0.05) is 0 Å². The SMILES string of the molecule is NCc1cnccc1C1CCOC1. The van der Waals surface area contributed by atoms with Gasteiger partial charge in [0.1, 0.15) is 0 Å². The Bertz CT molecular complexity index is 282. The molecule has 1 aliphatic rings. The summed E-state index contributed by atoms with van der Waals surface area (Å²) in [6.45, 7) is 2.27. The van der Waals surface area contributed by atoms with E-state index in [1.807, 2.05) is 12.4 Å². The van der Waals surface area contributed by atoms with Crippen LogP contribution in [0.25, 0.3) is 0 Å². The van der Waals surface area contributed by atoms with E-state index in [9.17, 15) is 0 Å². The molecule has 0 amide bonds. The molecule has 70 valence electrons. The molecular formula is C10H14N2O. The van der Waals surface area contributed by atoms with Gasteiger partial charge in [-0.05, 0) is 23.6 Å². The van der Waals surface area contributed by atoms with Crippen molar-refractivity contribution >= 4 is 0 Å². The van der Waals surface area contributed by atoms with Gasteiger partial charge in [-0.15, -0.1) is 0 Å². The molecule has 0 saturated carbocycles. The van der Waals surface area contributed by atoms with Gasteiger partial charge in [-0.2, -0.15) is 0 Å². The molecule has 1 unspecified atom stereocenters. The summed E-state index contributed by atoms with van der Waals surface area (Å²) in [7, 11) is 0. The third kappa shape index (κ3) is 1.71. The van der Waals surface area contributed by atoms with Crippen LogP contribution >= 0.6 is 0 Å². The van der Waals surface area contributed by atoms with Crippen LogP contribution in [-0.4, -0.2) is 18.2 Å². The van der Waals surface area contributed by atoms with Crippen LogP contribution in [0.2, 0.25) is 0 Å². The fraction of sp³-hybridized carbons (Fsp3) is 0.500. The van der Waals surface area contributed by atoms with Gasteiger partial charge in [0.15, 0.2) is 0 Å². The Hall–Kier alpha value is -0.930. The maximum atomic E-state index is 5.64. The van der Waals surface area contributed by atoms with Gasteiger partial charge in [0.2, 0.25) is 0 Å². The van der Waals surface area contributed by atoms with Gasteiger partial charge in [0.25, 0.3) is 0 Å². The van der Waals surface area contributed by atoms with Crippen LogP contribution in [0.1, 0.15) is 23.5 Å². The number of aromatic nitrogens is 1. The third-order valence-electron chi connectivity index (χ3n) is 2.53. The normalized spacial score (nSPS) is 22.1. The predicted molar refractivity (Wildman–Crippen MR) is 50.3 cm³/mol. The average Bonchev–Trinajstić information content (AvgIpc) is 2.70. The highest BCUT2D eigenvalue weighted by Crippen LogP contribution is 2.26. The predicted octanol–water partition coefficient (Wildman–Crippen LogP) is 1.04. The topological polar surface area (TPSA) is 48.1 Å². The first-order chi connectivity index (χ1) is 6.42. The summed E-state index contributed by atoms with van der Waals surface area (Å²) in [5, 5.41) is 0. The molecule has 13 heavy (non-hydrogen) atoms. The van der Waals surface area contributed by atoms with Crippen LogP contribution in [0, 0.1) is 0 Å². The maximum Gasteiger partial charge on any atom is 0.0535 e. The lowest BCUT2D eigenvalue weighted by Gasteiger charge is -2.11. The van der Waals surface area contributed by atoms with Gasteiger partial charge in [0.05, 0.1) is 6.61 Å². The first kappa shape index (κ1) is 8.66. The molecule has 3 heteroatoms. The van der Waals surface area contributed by atoms with Crippen molar-refractivity contribution in [3.05, 3.63) is 29.6 Å². The van der Waals surface area contributed by atoms with Crippen LogP contribution < -0.4 is 5.73 Å². The second kappa shape index (κ2) is 3.85. The second-order valence-electron chi connectivity index (χ2n) is 3.34. The quantitative estimate of drug-likeness (QED) is 0.736. The molecule has 0 spiro atoms. The zero-order valence-corrected chi connectivity index (χ0v) is 7.57. The zero-order valence-electron chi connectivity index (χ0n) is 7.57. The van der Waals surface area contributed by atoms with E-state index in [0.717, 1.165) is 25.2 Å². The minimum atomic E-state index is 0.529. The van der Waals surface area contributed by atoms with E-state index >= 15 is 0 Å². The molecule has 2 heterocycles. The Kier molecular flexibility index (Phi) is 2.57. The molecule has 0 aliphatic carbocycles. The Morgan fingerprint density at radius 3 is 3.23 bits per heavy atom.